The Hall–Kier alpha value is -3.39. The standard InChI is InChI=1S/C23H23N5O2S/c24-22-21-20(14-28(18-8-4-5-9-18)23(21)26-15-25-22)16-10-12-19(13-11-16)31(29,30)27-17-6-2-1-3-7-17/h1-3,6-7,10-15,18,27H,4-5,8-9H2,(H2,24,25,26). The Morgan fingerprint density at radius 3 is 2.39 bits per heavy atom. The lowest BCUT2D eigenvalue weighted by molar-refractivity contribution is 0.532. The van der Waals surface area contributed by atoms with Crippen molar-refractivity contribution in [3.63, 3.8) is 0 Å². The van der Waals surface area contributed by atoms with Crippen molar-refractivity contribution in [2.75, 3.05) is 10.5 Å². The summed E-state index contributed by atoms with van der Waals surface area (Å²) in [5.74, 6) is 0.430. The van der Waals surface area contributed by atoms with Crippen LogP contribution in [0.15, 0.2) is 72.0 Å². The van der Waals surface area contributed by atoms with E-state index in [4.69, 9.17) is 5.73 Å². The van der Waals surface area contributed by atoms with E-state index in [1.165, 1.54) is 19.2 Å². The highest BCUT2D eigenvalue weighted by Crippen LogP contribution is 2.38. The van der Waals surface area contributed by atoms with Gasteiger partial charge in [0.05, 0.1) is 10.3 Å². The average Bonchev–Trinajstić information content (AvgIpc) is 3.43. The second-order valence-electron chi connectivity index (χ2n) is 7.84. The molecule has 2 aromatic carbocycles. The predicted octanol–water partition coefficient (Wildman–Crippen LogP) is 4.60. The second kappa shape index (κ2) is 7.70. The molecule has 0 atom stereocenters. The number of nitrogens with zero attached hydrogens (tertiary/aromatic N) is 3. The summed E-state index contributed by atoms with van der Waals surface area (Å²) in [6, 6.07) is 16.1. The largest absolute Gasteiger partial charge is 0.383 e. The van der Waals surface area contributed by atoms with Crippen molar-refractivity contribution in [1.29, 1.82) is 0 Å². The van der Waals surface area contributed by atoms with E-state index in [0.29, 0.717) is 17.5 Å². The topological polar surface area (TPSA) is 103 Å². The fourth-order valence-electron chi connectivity index (χ4n) is 4.32. The van der Waals surface area contributed by atoms with Crippen LogP contribution in [0.5, 0.6) is 0 Å². The first-order chi connectivity index (χ1) is 15.0. The highest BCUT2D eigenvalue weighted by molar-refractivity contribution is 7.92. The molecule has 7 nitrogen and oxygen atoms in total. The van der Waals surface area contributed by atoms with Crippen LogP contribution in [0.2, 0.25) is 0 Å². The van der Waals surface area contributed by atoms with E-state index in [1.807, 2.05) is 6.07 Å². The van der Waals surface area contributed by atoms with Gasteiger partial charge in [-0.1, -0.05) is 43.2 Å². The fraction of sp³-hybridized carbons (Fsp3) is 0.217. The van der Waals surface area contributed by atoms with Gasteiger partial charge in [0.1, 0.15) is 17.8 Å². The molecule has 1 fully saturated rings. The Morgan fingerprint density at radius 2 is 1.68 bits per heavy atom. The first kappa shape index (κ1) is 19.6. The van der Waals surface area contributed by atoms with Crippen molar-refractivity contribution >= 4 is 32.6 Å². The molecule has 2 heterocycles. The van der Waals surface area contributed by atoms with Crippen molar-refractivity contribution in [3.05, 3.63) is 67.1 Å². The lowest BCUT2D eigenvalue weighted by Gasteiger charge is -2.12. The zero-order chi connectivity index (χ0) is 21.4. The first-order valence-corrected chi connectivity index (χ1v) is 11.8. The number of nitrogens with two attached hydrogens (primary N) is 1. The molecule has 5 rings (SSSR count). The maximum atomic E-state index is 12.7. The van der Waals surface area contributed by atoms with Gasteiger partial charge < -0.3 is 10.3 Å². The molecule has 8 heteroatoms. The van der Waals surface area contributed by atoms with Gasteiger partial charge in [-0.3, -0.25) is 4.72 Å². The molecule has 1 saturated carbocycles. The molecule has 1 aliphatic rings. The number of rotatable bonds is 5. The molecule has 0 aliphatic heterocycles. The van der Waals surface area contributed by atoms with Crippen LogP contribution in [0.3, 0.4) is 0 Å². The van der Waals surface area contributed by atoms with E-state index < -0.39 is 10.0 Å². The highest BCUT2D eigenvalue weighted by atomic mass is 32.2. The molecule has 1 aliphatic carbocycles. The quantitative estimate of drug-likeness (QED) is 0.479. The van der Waals surface area contributed by atoms with Gasteiger partial charge in [-0.05, 0) is 42.7 Å². The Balaban J connectivity index is 1.53. The van der Waals surface area contributed by atoms with E-state index >= 15 is 0 Å². The van der Waals surface area contributed by atoms with E-state index in [2.05, 4.69) is 25.5 Å². The third-order valence-corrected chi connectivity index (χ3v) is 7.26. The van der Waals surface area contributed by atoms with Crippen LogP contribution >= 0.6 is 0 Å². The number of fused-ring (bicyclic) bond motifs is 1. The van der Waals surface area contributed by atoms with Crippen LogP contribution in [0.4, 0.5) is 11.5 Å². The van der Waals surface area contributed by atoms with Gasteiger partial charge in [0.2, 0.25) is 0 Å². The Labute approximate surface area is 181 Å². The fourth-order valence-corrected chi connectivity index (χ4v) is 5.38. The summed E-state index contributed by atoms with van der Waals surface area (Å²) in [6.45, 7) is 0. The summed E-state index contributed by atoms with van der Waals surface area (Å²) >= 11 is 0. The number of para-hydroxylation sites is 1. The second-order valence-corrected chi connectivity index (χ2v) is 9.52. The number of hydrogen-bond donors (Lipinski definition) is 2. The van der Waals surface area contributed by atoms with Crippen molar-refractivity contribution in [3.8, 4) is 11.1 Å². The van der Waals surface area contributed by atoms with Crippen LogP contribution in [0.25, 0.3) is 22.2 Å². The van der Waals surface area contributed by atoms with Gasteiger partial charge >= 0.3 is 0 Å². The summed E-state index contributed by atoms with van der Waals surface area (Å²) in [5.41, 5.74) is 9.37. The van der Waals surface area contributed by atoms with Crippen LogP contribution in [0, 0.1) is 0 Å². The molecule has 0 saturated heterocycles. The molecular formula is C23H23N5O2S. The number of sulfonamides is 1. The highest BCUT2D eigenvalue weighted by Gasteiger charge is 2.23. The summed E-state index contributed by atoms with van der Waals surface area (Å²) in [6.07, 6.45) is 8.24. The van der Waals surface area contributed by atoms with Crippen molar-refractivity contribution in [1.82, 2.24) is 14.5 Å². The smallest absolute Gasteiger partial charge is 0.261 e. The van der Waals surface area contributed by atoms with Crippen LogP contribution in [-0.2, 0) is 10.0 Å². The molecule has 4 aromatic rings. The van der Waals surface area contributed by atoms with Crippen LogP contribution < -0.4 is 10.5 Å². The molecule has 0 bridgehead atoms. The normalized spacial score (nSPS) is 14.8. The minimum absolute atomic E-state index is 0.198. The Kier molecular flexibility index (Phi) is 4.86. The molecule has 158 valence electrons. The van der Waals surface area contributed by atoms with Gasteiger partial charge in [0, 0.05) is 23.5 Å². The van der Waals surface area contributed by atoms with E-state index in [1.54, 1.807) is 48.5 Å². The van der Waals surface area contributed by atoms with Gasteiger partial charge in [-0.25, -0.2) is 18.4 Å². The van der Waals surface area contributed by atoms with Gasteiger partial charge in [0.25, 0.3) is 10.0 Å². The third kappa shape index (κ3) is 3.63. The predicted molar refractivity (Wildman–Crippen MR) is 122 cm³/mol. The number of benzene rings is 2. The maximum absolute atomic E-state index is 12.7. The molecule has 0 unspecified atom stereocenters. The Bertz CT molecular complexity index is 1330. The minimum atomic E-state index is -3.68. The van der Waals surface area contributed by atoms with Gasteiger partial charge in [-0.2, -0.15) is 0 Å². The molecule has 2 aromatic heterocycles. The molecule has 3 N–H and O–H groups in total. The lowest BCUT2D eigenvalue weighted by Crippen LogP contribution is -2.12. The van der Waals surface area contributed by atoms with Gasteiger partial charge in [0.15, 0.2) is 0 Å². The number of anilines is 2. The number of aromatic nitrogens is 3. The van der Waals surface area contributed by atoms with E-state index in [9.17, 15) is 8.42 Å². The SMILES string of the molecule is Nc1ncnc2c1c(-c1ccc(S(=O)(=O)Nc3ccccc3)cc1)cn2C1CCCC1. The third-order valence-electron chi connectivity index (χ3n) is 5.86. The van der Waals surface area contributed by atoms with E-state index in [-0.39, 0.29) is 4.90 Å². The van der Waals surface area contributed by atoms with Crippen LogP contribution in [-0.4, -0.2) is 23.0 Å². The van der Waals surface area contributed by atoms with Crippen LogP contribution in [0.1, 0.15) is 31.7 Å². The minimum Gasteiger partial charge on any atom is -0.383 e. The van der Waals surface area contributed by atoms with E-state index in [0.717, 1.165) is 35.0 Å². The molecular weight excluding hydrogens is 410 g/mol. The molecule has 0 amide bonds. The zero-order valence-electron chi connectivity index (χ0n) is 16.9. The number of nitrogens with one attached hydrogen (secondary N) is 1. The Morgan fingerprint density at radius 1 is 0.968 bits per heavy atom. The summed E-state index contributed by atoms with van der Waals surface area (Å²) in [7, 11) is -3.68. The molecule has 31 heavy (non-hydrogen) atoms. The maximum Gasteiger partial charge on any atom is 0.261 e. The van der Waals surface area contributed by atoms with Crippen molar-refractivity contribution in [2.45, 2.75) is 36.6 Å². The van der Waals surface area contributed by atoms with Gasteiger partial charge in [-0.15, -0.1) is 0 Å². The van der Waals surface area contributed by atoms with Crippen molar-refractivity contribution < 1.29 is 8.42 Å². The first-order valence-electron chi connectivity index (χ1n) is 10.3. The summed E-state index contributed by atoms with van der Waals surface area (Å²) in [5, 5.41) is 0.812. The zero-order valence-corrected chi connectivity index (χ0v) is 17.7. The lowest BCUT2D eigenvalue weighted by atomic mass is 10.1. The number of nitrogen functional groups attached to an aromatic ring is 1. The molecule has 0 spiro atoms. The van der Waals surface area contributed by atoms with Crippen molar-refractivity contribution in [2.24, 2.45) is 0 Å². The number of hydrogen-bond acceptors (Lipinski definition) is 5. The summed E-state index contributed by atoms with van der Waals surface area (Å²) < 4.78 is 30.3. The summed E-state index contributed by atoms with van der Waals surface area (Å²) in [4.78, 5) is 8.88. The molecule has 0 radical (unpaired) electrons. The monoisotopic (exact) mass is 433 g/mol. The average molecular weight is 434 g/mol.